The van der Waals surface area contributed by atoms with Crippen LogP contribution in [-0.4, -0.2) is 29.3 Å². The van der Waals surface area contributed by atoms with Crippen molar-refractivity contribution >= 4 is 51.0 Å². The molecule has 3 N–H and O–H groups in total. The van der Waals surface area contributed by atoms with Gasteiger partial charge in [-0.3, -0.25) is 25.2 Å². The number of furan rings is 1. The zero-order valence-corrected chi connectivity index (χ0v) is 18.3. The average Bonchev–Trinajstić information content (AvgIpc) is 3.50. The van der Waals surface area contributed by atoms with Gasteiger partial charge in [-0.2, -0.15) is 0 Å². The molecule has 4 aromatic rings. The summed E-state index contributed by atoms with van der Waals surface area (Å²) in [6.07, 6.45) is 1.36. The highest BCUT2D eigenvalue weighted by Crippen LogP contribution is 2.31. The Morgan fingerprint density at radius 2 is 1.75 bits per heavy atom. The number of para-hydroxylation sites is 1. The molecule has 162 valence electrons. The molecule has 0 radical (unpaired) electrons. The van der Waals surface area contributed by atoms with Crippen LogP contribution in [-0.2, 0) is 10.5 Å². The number of nitrogens with one attached hydrogen (secondary N) is 3. The van der Waals surface area contributed by atoms with Gasteiger partial charge in [0.05, 0.1) is 23.0 Å². The van der Waals surface area contributed by atoms with E-state index < -0.39 is 17.7 Å². The third-order valence-corrected chi connectivity index (χ3v) is 6.57. The predicted octanol–water partition coefficient (Wildman–Crippen LogP) is 3.37. The number of thioether (sulfide) groups is 1. The summed E-state index contributed by atoms with van der Waals surface area (Å²) < 4.78 is 7.08. The topological polar surface area (TPSA) is 113 Å². The van der Waals surface area contributed by atoms with Crippen molar-refractivity contribution in [1.29, 1.82) is 0 Å². The molecule has 0 fully saturated rings. The van der Waals surface area contributed by atoms with E-state index in [4.69, 9.17) is 4.42 Å². The number of hydrogen-bond acceptors (Lipinski definition) is 7. The summed E-state index contributed by atoms with van der Waals surface area (Å²) in [7, 11) is 0. The van der Waals surface area contributed by atoms with Crippen LogP contribution in [0.25, 0.3) is 10.2 Å². The molecule has 3 amide bonds. The molecule has 0 saturated carbocycles. The third-order valence-electron chi connectivity index (χ3n) is 4.32. The SMILES string of the molecule is O=C(CNC(=O)c1ccco1)NNC(=O)c1ccc(CSc2nc3ccccc3s2)cc1. The van der Waals surface area contributed by atoms with E-state index in [-0.39, 0.29) is 12.3 Å². The van der Waals surface area contributed by atoms with Crippen LogP contribution in [0.3, 0.4) is 0 Å². The number of rotatable bonds is 7. The largest absolute Gasteiger partial charge is 0.459 e. The summed E-state index contributed by atoms with van der Waals surface area (Å²) in [6, 6.07) is 18.2. The van der Waals surface area contributed by atoms with E-state index >= 15 is 0 Å². The zero-order chi connectivity index (χ0) is 22.3. The number of nitrogens with zero attached hydrogens (tertiary/aromatic N) is 1. The van der Waals surface area contributed by atoms with Crippen LogP contribution in [0.1, 0.15) is 26.5 Å². The van der Waals surface area contributed by atoms with Crippen molar-refractivity contribution in [2.45, 2.75) is 10.1 Å². The van der Waals surface area contributed by atoms with E-state index in [0.29, 0.717) is 5.56 Å². The third kappa shape index (κ3) is 5.54. The van der Waals surface area contributed by atoms with E-state index in [0.717, 1.165) is 25.9 Å². The van der Waals surface area contributed by atoms with Crippen molar-refractivity contribution in [3.05, 3.63) is 83.8 Å². The minimum absolute atomic E-state index is 0.100. The molecule has 0 aliphatic rings. The van der Waals surface area contributed by atoms with Crippen LogP contribution in [0.4, 0.5) is 0 Å². The Morgan fingerprint density at radius 3 is 2.50 bits per heavy atom. The molecule has 0 aliphatic heterocycles. The van der Waals surface area contributed by atoms with Gasteiger partial charge in [0.2, 0.25) is 0 Å². The highest BCUT2D eigenvalue weighted by atomic mass is 32.2. The Balaban J connectivity index is 1.22. The fourth-order valence-corrected chi connectivity index (χ4v) is 4.73. The zero-order valence-electron chi connectivity index (χ0n) is 16.7. The molecule has 0 aliphatic carbocycles. The van der Waals surface area contributed by atoms with E-state index in [1.165, 1.54) is 12.3 Å². The van der Waals surface area contributed by atoms with Gasteiger partial charge in [0.25, 0.3) is 17.7 Å². The van der Waals surface area contributed by atoms with E-state index in [9.17, 15) is 14.4 Å². The lowest BCUT2D eigenvalue weighted by Crippen LogP contribution is -2.46. The number of thiazole rings is 1. The fourth-order valence-electron chi connectivity index (χ4n) is 2.71. The van der Waals surface area contributed by atoms with Gasteiger partial charge < -0.3 is 9.73 Å². The van der Waals surface area contributed by atoms with Gasteiger partial charge in [0.1, 0.15) is 0 Å². The first kappa shape index (κ1) is 21.6. The van der Waals surface area contributed by atoms with Crippen LogP contribution in [0.15, 0.2) is 75.7 Å². The summed E-state index contributed by atoms with van der Waals surface area (Å²) in [4.78, 5) is 40.3. The van der Waals surface area contributed by atoms with Gasteiger partial charge >= 0.3 is 0 Å². The Labute approximate surface area is 191 Å². The quantitative estimate of drug-likeness (QED) is 0.284. The summed E-state index contributed by atoms with van der Waals surface area (Å²) in [5.74, 6) is -0.712. The van der Waals surface area contributed by atoms with Crippen LogP contribution < -0.4 is 16.2 Å². The smallest absolute Gasteiger partial charge is 0.287 e. The summed E-state index contributed by atoms with van der Waals surface area (Å²) >= 11 is 3.30. The molecular formula is C22H18N4O4S2. The Morgan fingerprint density at radius 1 is 0.938 bits per heavy atom. The van der Waals surface area contributed by atoms with Gasteiger partial charge in [-0.15, -0.1) is 11.3 Å². The van der Waals surface area contributed by atoms with Gasteiger partial charge in [0.15, 0.2) is 10.1 Å². The van der Waals surface area contributed by atoms with Gasteiger partial charge in [-0.05, 0) is 42.0 Å². The van der Waals surface area contributed by atoms with E-state index in [2.05, 4.69) is 27.2 Å². The van der Waals surface area contributed by atoms with Crippen molar-refractivity contribution in [2.75, 3.05) is 6.54 Å². The maximum atomic E-state index is 12.2. The molecule has 4 rings (SSSR count). The lowest BCUT2D eigenvalue weighted by Gasteiger charge is -2.08. The van der Waals surface area contributed by atoms with Crippen molar-refractivity contribution in [2.24, 2.45) is 0 Å². The van der Waals surface area contributed by atoms with E-state index in [1.807, 2.05) is 30.3 Å². The van der Waals surface area contributed by atoms with Crippen molar-refractivity contribution in [1.82, 2.24) is 21.2 Å². The highest BCUT2D eigenvalue weighted by molar-refractivity contribution is 8.00. The molecule has 2 heterocycles. The molecule has 8 nitrogen and oxygen atoms in total. The number of carbonyl (C=O) groups is 3. The number of aromatic nitrogens is 1. The summed E-state index contributed by atoms with van der Waals surface area (Å²) in [5, 5.41) is 2.39. The van der Waals surface area contributed by atoms with Crippen LogP contribution >= 0.6 is 23.1 Å². The number of amides is 3. The average molecular weight is 467 g/mol. The van der Waals surface area contributed by atoms with Gasteiger partial charge in [0, 0.05) is 11.3 Å². The highest BCUT2D eigenvalue weighted by Gasteiger charge is 2.12. The minimum atomic E-state index is -0.567. The van der Waals surface area contributed by atoms with E-state index in [1.54, 1.807) is 41.3 Å². The molecule has 2 aromatic heterocycles. The number of hydrogen-bond donors (Lipinski definition) is 3. The second-order valence-corrected chi connectivity index (χ2v) is 8.85. The normalized spacial score (nSPS) is 10.6. The first-order chi connectivity index (χ1) is 15.6. The molecule has 10 heteroatoms. The first-order valence-electron chi connectivity index (χ1n) is 9.57. The maximum absolute atomic E-state index is 12.2. The molecule has 2 aromatic carbocycles. The lowest BCUT2D eigenvalue weighted by molar-refractivity contribution is -0.120. The van der Waals surface area contributed by atoms with Crippen molar-refractivity contribution < 1.29 is 18.8 Å². The fraction of sp³-hybridized carbons (Fsp3) is 0.0909. The predicted molar refractivity (Wildman–Crippen MR) is 122 cm³/mol. The maximum Gasteiger partial charge on any atom is 0.287 e. The first-order valence-corrected chi connectivity index (χ1v) is 11.4. The molecule has 0 saturated heterocycles. The number of fused-ring (bicyclic) bond motifs is 1. The number of hydrazine groups is 1. The molecule has 0 atom stereocenters. The number of carbonyl (C=O) groups excluding carboxylic acids is 3. The van der Waals surface area contributed by atoms with Crippen molar-refractivity contribution in [3.8, 4) is 0 Å². The van der Waals surface area contributed by atoms with Gasteiger partial charge in [-0.25, -0.2) is 4.98 Å². The van der Waals surface area contributed by atoms with Crippen LogP contribution in [0.2, 0.25) is 0 Å². The number of benzene rings is 2. The summed E-state index contributed by atoms with van der Waals surface area (Å²) in [6.45, 7) is -0.304. The van der Waals surface area contributed by atoms with Crippen LogP contribution in [0.5, 0.6) is 0 Å². The van der Waals surface area contributed by atoms with Crippen molar-refractivity contribution in [3.63, 3.8) is 0 Å². The molecule has 0 spiro atoms. The minimum Gasteiger partial charge on any atom is -0.459 e. The molecule has 0 unspecified atom stereocenters. The monoisotopic (exact) mass is 466 g/mol. The molecule has 32 heavy (non-hydrogen) atoms. The lowest BCUT2D eigenvalue weighted by atomic mass is 10.1. The standard InChI is InChI=1S/C22H18N4O4S2/c27-19(12-23-21(29)17-5-3-11-30-17)25-26-20(28)15-9-7-14(8-10-15)13-31-22-24-16-4-1-2-6-18(16)32-22/h1-11H,12-13H2,(H,23,29)(H,25,27)(H,26,28). The molecule has 0 bridgehead atoms. The van der Waals surface area contributed by atoms with Crippen LogP contribution in [0, 0.1) is 0 Å². The van der Waals surface area contributed by atoms with Gasteiger partial charge in [-0.1, -0.05) is 36.0 Å². The Kier molecular flexibility index (Phi) is 6.83. The second-order valence-electron chi connectivity index (χ2n) is 6.60. The summed E-state index contributed by atoms with van der Waals surface area (Å²) in [5.41, 5.74) is 7.03. The second kappa shape index (κ2) is 10.1. The Bertz CT molecular complexity index is 1200. The Hall–Kier alpha value is -3.63. The molecular weight excluding hydrogens is 448 g/mol.